The van der Waals surface area contributed by atoms with Gasteiger partial charge >= 0.3 is 0 Å². The van der Waals surface area contributed by atoms with E-state index >= 15 is 0 Å². The van der Waals surface area contributed by atoms with Gasteiger partial charge < -0.3 is 14.6 Å². The molecule has 0 radical (unpaired) electrons. The number of carbonyl (C=O) groups is 1. The van der Waals surface area contributed by atoms with Crippen molar-refractivity contribution in [1.82, 2.24) is 5.43 Å². The van der Waals surface area contributed by atoms with Crippen LogP contribution in [0.25, 0.3) is 0 Å². The largest absolute Gasteiger partial charge is 0.506 e. The van der Waals surface area contributed by atoms with E-state index < -0.39 is 12.0 Å². The number of aromatic hydroxyl groups is 1. The average molecular weight is 367 g/mol. The van der Waals surface area contributed by atoms with Crippen molar-refractivity contribution in [2.45, 2.75) is 6.10 Å². The number of carbonyl (C=O) groups excluding carboxylic acids is 1. The van der Waals surface area contributed by atoms with E-state index in [9.17, 15) is 9.90 Å². The van der Waals surface area contributed by atoms with Gasteiger partial charge in [-0.25, -0.2) is 5.43 Å². The van der Waals surface area contributed by atoms with Gasteiger partial charge in [-0.2, -0.15) is 5.10 Å². The number of phenolic OH excluding ortho intramolecular Hbond substituents is 1. The van der Waals surface area contributed by atoms with Crippen LogP contribution < -0.4 is 14.9 Å². The standard InChI is InChI=1S/C16H12Cl2N2O4/c17-10-5-9(15(21)11(18)6-10)7-19-20-16(22)14-8-23-12-3-1-2-4-13(12)24-14/h1-7,14,21H,8H2,(H,20,22)/b19-7-/t14-/m1/s1. The number of hydrazone groups is 1. The molecule has 0 bridgehead atoms. The third-order valence-electron chi connectivity index (χ3n) is 3.24. The minimum atomic E-state index is -0.825. The Morgan fingerprint density at radius 1 is 1.29 bits per heavy atom. The molecule has 2 N–H and O–H groups in total. The number of halogens is 2. The number of nitrogens with one attached hydrogen (secondary N) is 1. The Balaban J connectivity index is 1.64. The van der Waals surface area contributed by atoms with Crippen molar-refractivity contribution in [2.24, 2.45) is 5.10 Å². The fourth-order valence-corrected chi connectivity index (χ4v) is 2.58. The first kappa shape index (κ1) is 16.4. The zero-order valence-corrected chi connectivity index (χ0v) is 13.7. The average Bonchev–Trinajstić information content (AvgIpc) is 2.58. The predicted molar refractivity (Wildman–Crippen MR) is 90.2 cm³/mol. The monoisotopic (exact) mass is 366 g/mol. The summed E-state index contributed by atoms with van der Waals surface area (Å²) in [5.74, 6) is 0.425. The summed E-state index contributed by atoms with van der Waals surface area (Å²) in [5.41, 5.74) is 2.60. The lowest BCUT2D eigenvalue weighted by Crippen LogP contribution is -2.42. The number of hydrogen-bond donors (Lipinski definition) is 2. The second-order valence-corrected chi connectivity index (χ2v) is 5.77. The van der Waals surface area contributed by atoms with Crippen LogP contribution >= 0.6 is 23.2 Å². The van der Waals surface area contributed by atoms with Crippen molar-refractivity contribution in [3.05, 3.63) is 52.0 Å². The fourth-order valence-electron chi connectivity index (χ4n) is 2.07. The van der Waals surface area contributed by atoms with E-state index in [1.54, 1.807) is 18.2 Å². The van der Waals surface area contributed by atoms with Gasteiger partial charge in [-0.3, -0.25) is 4.79 Å². The highest BCUT2D eigenvalue weighted by Gasteiger charge is 2.27. The normalized spacial score (nSPS) is 16.2. The lowest BCUT2D eigenvalue weighted by Gasteiger charge is -2.24. The molecule has 6 nitrogen and oxygen atoms in total. The molecule has 8 heteroatoms. The van der Waals surface area contributed by atoms with Crippen LogP contribution in [-0.4, -0.2) is 29.9 Å². The first-order chi connectivity index (χ1) is 11.5. The van der Waals surface area contributed by atoms with Crippen molar-refractivity contribution in [2.75, 3.05) is 6.61 Å². The maximum absolute atomic E-state index is 12.1. The van der Waals surface area contributed by atoms with Crippen molar-refractivity contribution in [3.8, 4) is 17.2 Å². The first-order valence-electron chi connectivity index (χ1n) is 6.94. The molecule has 0 unspecified atom stereocenters. The molecule has 1 atom stereocenters. The molecule has 1 aliphatic heterocycles. The second kappa shape index (κ2) is 6.98. The van der Waals surface area contributed by atoms with Gasteiger partial charge in [-0.05, 0) is 24.3 Å². The van der Waals surface area contributed by atoms with Crippen molar-refractivity contribution in [3.63, 3.8) is 0 Å². The Hall–Kier alpha value is -2.44. The summed E-state index contributed by atoms with van der Waals surface area (Å²) in [7, 11) is 0. The number of amides is 1. The molecule has 24 heavy (non-hydrogen) atoms. The van der Waals surface area contributed by atoms with Gasteiger partial charge in [-0.1, -0.05) is 35.3 Å². The van der Waals surface area contributed by atoms with E-state index in [0.717, 1.165) is 0 Å². The molecule has 2 aromatic rings. The summed E-state index contributed by atoms with van der Waals surface area (Å²) in [6.07, 6.45) is 0.413. The van der Waals surface area contributed by atoms with E-state index in [2.05, 4.69) is 10.5 Å². The van der Waals surface area contributed by atoms with Gasteiger partial charge in [0.25, 0.3) is 5.91 Å². The van der Waals surface area contributed by atoms with Crippen LogP contribution in [0.1, 0.15) is 5.56 Å². The third kappa shape index (κ3) is 3.55. The van der Waals surface area contributed by atoms with Crippen molar-refractivity contribution >= 4 is 35.3 Å². The van der Waals surface area contributed by atoms with Crippen LogP contribution in [-0.2, 0) is 4.79 Å². The lowest BCUT2D eigenvalue weighted by atomic mass is 10.2. The summed E-state index contributed by atoms with van der Waals surface area (Å²) < 4.78 is 11.0. The molecule has 0 fully saturated rings. The third-order valence-corrected chi connectivity index (χ3v) is 3.74. The fraction of sp³-hybridized carbons (Fsp3) is 0.125. The Morgan fingerprint density at radius 3 is 2.83 bits per heavy atom. The molecule has 3 rings (SSSR count). The van der Waals surface area contributed by atoms with Crippen molar-refractivity contribution in [1.29, 1.82) is 0 Å². The molecular formula is C16H12Cl2N2O4. The van der Waals surface area contributed by atoms with Gasteiger partial charge in [-0.15, -0.1) is 0 Å². The maximum atomic E-state index is 12.1. The number of fused-ring (bicyclic) bond motifs is 1. The second-order valence-electron chi connectivity index (χ2n) is 4.92. The van der Waals surface area contributed by atoms with E-state index in [1.165, 1.54) is 18.3 Å². The molecule has 124 valence electrons. The van der Waals surface area contributed by atoms with E-state index in [-0.39, 0.29) is 22.9 Å². The van der Waals surface area contributed by atoms with Crippen molar-refractivity contribution < 1.29 is 19.4 Å². The van der Waals surface area contributed by atoms with E-state index in [1.807, 2.05) is 6.07 Å². The topological polar surface area (TPSA) is 80.2 Å². The highest BCUT2D eigenvalue weighted by molar-refractivity contribution is 6.36. The van der Waals surface area contributed by atoms with Crippen LogP contribution in [0.5, 0.6) is 17.2 Å². The molecular weight excluding hydrogens is 355 g/mol. The molecule has 2 aromatic carbocycles. The number of nitrogens with zero attached hydrogens (tertiary/aromatic N) is 1. The SMILES string of the molecule is O=C(N/N=C\c1cc(Cl)cc(Cl)c1O)[C@H]1COc2ccccc2O1. The number of benzene rings is 2. The van der Waals surface area contributed by atoms with E-state index in [4.69, 9.17) is 32.7 Å². The predicted octanol–water partition coefficient (Wildman–Crippen LogP) is 2.99. The Morgan fingerprint density at radius 2 is 2.04 bits per heavy atom. The molecule has 0 aliphatic carbocycles. The number of rotatable bonds is 3. The minimum Gasteiger partial charge on any atom is -0.506 e. The summed E-state index contributed by atoms with van der Waals surface area (Å²) in [4.78, 5) is 12.1. The molecule has 0 saturated heterocycles. The molecule has 0 aromatic heterocycles. The molecule has 0 saturated carbocycles. The summed E-state index contributed by atoms with van der Waals surface area (Å²) in [6.45, 7) is 0.0760. The molecule has 1 heterocycles. The lowest BCUT2D eigenvalue weighted by molar-refractivity contribution is -0.130. The van der Waals surface area contributed by atoms with Gasteiger partial charge in [0.1, 0.15) is 12.4 Å². The van der Waals surface area contributed by atoms with Gasteiger partial charge in [0, 0.05) is 10.6 Å². The van der Waals surface area contributed by atoms with Crippen LogP contribution in [0.3, 0.4) is 0 Å². The van der Waals surface area contributed by atoms with Gasteiger partial charge in [0.05, 0.1) is 11.2 Å². The molecule has 0 spiro atoms. The van der Waals surface area contributed by atoms with Crippen LogP contribution in [0.2, 0.25) is 10.0 Å². The summed E-state index contributed by atoms with van der Waals surface area (Å²) >= 11 is 11.7. The molecule has 1 amide bonds. The summed E-state index contributed by atoms with van der Waals surface area (Å²) in [6, 6.07) is 9.94. The zero-order valence-electron chi connectivity index (χ0n) is 12.2. The number of para-hydroxylation sites is 2. The Labute approximate surface area is 147 Å². The zero-order chi connectivity index (χ0) is 17.1. The smallest absolute Gasteiger partial charge is 0.284 e. The molecule has 1 aliphatic rings. The van der Waals surface area contributed by atoms with Crippen LogP contribution in [0.4, 0.5) is 0 Å². The number of hydrogen-bond acceptors (Lipinski definition) is 5. The number of ether oxygens (including phenoxy) is 2. The summed E-state index contributed by atoms with van der Waals surface area (Å²) in [5, 5.41) is 14.0. The van der Waals surface area contributed by atoms with Gasteiger partial charge in [0.15, 0.2) is 11.5 Å². The quantitative estimate of drug-likeness (QED) is 0.646. The Bertz CT molecular complexity index is 811. The van der Waals surface area contributed by atoms with E-state index in [0.29, 0.717) is 16.5 Å². The van der Waals surface area contributed by atoms with Crippen LogP contribution in [0, 0.1) is 0 Å². The first-order valence-corrected chi connectivity index (χ1v) is 7.69. The minimum absolute atomic E-state index is 0.0760. The Kier molecular flexibility index (Phi) is 4.78. The highest BCUT2D eigenvalue weighted by Crippen LogP contribution is 2.31. The van der Waals surface area contributed by atoms with Gasteiger partial charge in [0.2, 0.25) is 6.10 Å². The maximum Gasteiger partial charge on any atom is 0.284 e. The van der Waals surface area contributed by atoms with Crippen LogP contribution in [0.15, 0.2) is 41.5 Å². The number of phenols is 1. The highest BCUT2D eigenvalue weighted by atomic mass is 35.5.